The van der Waals surface area contributed by atoms with E-state index in [1.807, 2.05) is 0 Å². The van der Waals surface area contributed by atoms with Crippen LogP contribution >= 0.6 is 11.6 Å². The molecule has 128 valence electrons. The first-order valence-corrected chi connectivity index (χ1v) is 7.91. The van der Waals surface area contributed by atoms with Crippen LogP contribution in [-0.2, 0) is 11.3 Å². The van der Waals surface area contributed by atoms with Crippen molar-refractivity contribution in [1.29, 1.82) is 0 Å². The number of aromatic nitrogens is 2. The lowest BCUT2D eigenvalue weighted by Crippen LogP contribution is -2.19. The highest BCUT2D eigenvalue weighted by molar-refractivity contribution is 6.30. The van der Waals surface area contributed by atoms with Gasteiger partial charge in [-0.1, -0.05) is 23.7 Å². The van der Waals surface area contributed by atoms with Crippen molar-refractivity contribution in [1.82, 2.24) is 9.78 Å². The molecule has 0 unspecified atom stereocenters. The summed E-state index contributed by atoms with van der Waals surface area (Å²) in [5, 5.41) is 7.48. The summed E-state index contributed by atoms with van der Waals surface area (Å²) in [4.78, 5) is 11.9. The summed E-state index contributed by atoms with van der Waals surface area (Å²) < 4.78 is 19.9. The first-order chi connectivity index (χ1) is 12.1. The molecule has 1 aromatic heterocycles. The molecular formula is C18H15ClFN3O2. The van der Waals surface area contributed by atoms with Crippen molar-refractivity contribution >= 4 is 23.2 Å². The Bertz CT molecular complexity index is 848. The smallest absolute Gasteiger partial charge is 0.262 e. The number of rotatable bonds is 6. The third-order valence-corrected chi connectivity index (χ3v) is 3.61. The molecule has 25 heavy (non-hydrogen) atoms. The number of nitrogens with zero attached hydrogens (tertiary/aromatic N) is 2. The molecule has 3 rings (SSSR count). The van der Waals surface area contributed by atoms with Gasteiger partial charge >= 0.3 is 0 Å². The third kappa shape index (κ3) is 5.06. The first-order valence-electron chi connectivity index (χ1n) is 7.53. The van der Waals surface area contributed by atoms with E-state index in [1.165, 1.54) is 12.1 Å². The lowest BCUT2D eigenvalue weighted by Gasteiger charge is -2.06. The van der Waals surface area contributed by atoms with Crippen LogP contribution in [0.2, 0.25) is 5.02 Å². The molecule has 0 atom stereocenters. The molecule has 0 saturated heterocycles. The Morgan fingerprint density at radius 3 is 2.60 bits per heavy atom. The van der Waals surface area contributed by atoms with Crippen LogP contribution in [0.25, 0.3) is 0 Å². The van der Waals surface area contributed by atoms with Gasteiger partial charge < -0.3 is 10.1 Å². The summed E-state index contributed by atoms with van der Waals surface area (Å²) in [5.41, 5.74) is 1.47. The van der Waals surface area contributed by atoms with Crippen molar-refractivity contribution in [2.45, 2.75) is 6.54 Å². The summed E-state index contributed by atoms with van der Waals surface area (Å²) in [6, 6.07) is 12.9. The van der Waals surface area contributed by atoms with Crippen molar-refractivity contribution in [3.8, 4) is 5.75 Å². The number of anilines is 1. The predicted octanol–water partition coefficient (Wildman–Crippen LogP) is 3.74. The van der Waals surface area contributed by atoms with Gasteiger partial charge in [0.1, 0.15) is 11.6 Å². The Kier molecular flexibility index (Phi) is 5.30. The molecule has 0 fully saturated rings. The van der Waals surface area contributed by atoms with E-state index < -0.39 is 0 Å². The van der Waals surface area contributed by atoms with Crippen molar-refractivity contribution in [2.24, 2.45) is 0 Å². The van der Waals surface area contributed by atoms with E-state index in [0.717, 1.165) is 5.56 Å². The molecule has 0 radical (unpaired) electrons. The second-order valence-electron chi connectivity index (χ2n) is 5.34. The molecule has 3 aromatic rings. The van der Waals surface area contributed by atoms with Crippen molar-refractivity contribution < 1.29 is 13.9 Å². The van der Waals surface area contributed by atoms with Crippen LogP contribution in [0.4, 0.5) is 10.1 Å². The van der Waals surface area contributed by atoms with E-state index in [-0.39, 0.29) is 18.3 Å². The zero-order valence-corrected chi connectivity index (χ0v) is 13.9. The quantitative estimate of drug-likeness (QED) is 0.729. The molecule has 1 heterocycles. The number of halogens is 2. The second-order valence-corrected chi connectivity index (χ2v) is 5.78. The Morgan fingerprint density at radius 2 is 1.88 bits per heavy atom. The summed E-state index contributed by atoms with van der Waals surface area (Å²) in [6.45, 7) is 0.363. The van der Waals surface area contributed by atoms with Gasteiger partial charge in [-0.05, 0) is 42.0 Å². The molecule has 7 heteroatoms. The highest BCUT2D eigenvalue weighted by Gasteiger charge is 2.06. The highest BCUT2D eigenvalue weighted by atomic mass is 35.5. The van der Waals surface area contributed by atoms with Crippen molar-refractivity contribution in [3.63, 3.8) is 0 Å². The van der Waals surface area contributed by atoms with E-state index in [2.05, 4.69) is 10.4 Å². The van der Waals surface area contributed by atoms with Crippen LogP contribution < -0.4 is 10.1 Å². The minimum atomic E-state index is -0.295. The molecule has 2 aromatic carbocycles. The van der Waals surface area contributed by atoms with E-state index >= 15 is 0 Å². The standard InChI is InChI=1S/C18H15ClFN3O2/c19-14-3-7-17(8-4-14)25-12-18(24)22-16-9-21-23(11-16)10-13-1-5-15(20)6-2-13/h1-9,11H,10,12H2,(H,22,24). The van der Waals surface area contributed by atoms with Gasteiger partial charge in [0.2, 0.25) is 0 Å². The van der Waals surface area contributed by atoms with E-state index in [0.29, 0.717) is 23.0 Å². The Labute approximate surface area is 149 Å². The zero-order valence-electron chi connectivity index (χ0n) is 13.2. The minimum absolute atomic E-state index is 0.120. The maximum absolute atomic E-state index is 12.9. The van der Waals surface area contributed by atoms with Crippen molar-refractivity contribution in [2.75, 3.05) is 11.9 Å². The fraction of sp³-hybridized carbons (Fsp3) is 0.111. The fourth-order valence-electron chi connectivity index (χ4n) is 2.17. The maximum Gasteiger partial charge on any atom is 0.262 e. The monoisotopic (exact) mass is 359 g/mol. The largest absolute Gasteiger partial charge is 0.484 e. The van der Waals surface area contributed by atoms with Crippen LogP contribution in [0.3, 0.4) is 0 Å². The van der Waals surface area contributed by atoms with Gasteiger partial charge in [-0.3, -0.25) is 9.48 Å². The number of ether oxygens (including phenoxy) is 1. The van der Waals surface area contributed by atoms with Gasteiger partial charge in [0.15, 0.2) is 6.61 Å². The molecule has 1 N–H and O–H groups in total. The first kappa shape index (κ1) is 17.0. The summed E-state index contributed by atoms with van der Waals surface area (Å²) in [6.07, 6.45) is 3.24. The average molecular weight is 360 g/mol. The number of nitrogens with one attached hydrogen (secondary N) is 1. The van der Waals surface area contributed by atoms with Crippen LogP contribution in [0.15, 0.2) is 60.9 Å². The highest BCUT2D eigenvalue weighted by Crippen LogP contribution is 2.15. The van der Waals surface area contributed by atoms with Crippen LogP contribution in [0.5, 0.6) is 5.75 Å². The molecule has 0 aliphatic rings. The average Bonchev–Trinajstić information content (AvgIpc) is 3.03. The lowest BCUT2D eigenvalue weighted by molar-refractivity contribution is -0.118. The fourth-order valence-corrected chi connectivity index (χ4v) is 2.29. The Morgan fingerprint density at radius 1 is 1.16 bits per heavy atom. The number of amides is 1. The topological polar surface area (TPSA) is 56.1 Å². The van der Waals surface area contributed by atoms with Gasteiger partial charge in [0.05, 0.1) is 18.4 Å². The minimum Gasteiger partial charge on any atom is -0.484 e. The lowest BCUT2D eigenvalue weighted by atomic mass is 10.2. The molecule has 0 spiro atoms. The number of hydrogen-bond donors (Lipinski definition) is 1. The van der Waals surface area contributed by atoms with Crippen LogP contribution in [0.1, 0.15) is 5.56 Å². The summed E-state index contributed by atoms with van der Waals surface area (Å²) in [7, 11) is 0. The molecular weight excluding hydrogens is 345 g/mol. The van der Waals surface area contributed by atoms with Gasteiger partial charge in [-0.15, -0.1) is 0 Å². The van der Waals surface area contributed by atoms with Gasteiger partial charge in [0, 0.05) is 11.2 Å². The molecule has 5 nitrogen and oxygen atoms in total. The normalized spacial score (nSPS) is 10.5. The Balaban J connectivity index is 1.51. The van der Waals surface area contributed by atoms with Gasteiger partial charge in [-0.25, -0.2) is 4.39 Å². The summed E-state index contributed by atoms with van der Waals surface area (Å²) in [5.74, 6) is -0.0132. The molecule has 0 bridgehead atoms. The number of carbonyl (C=O) groups is 1. The molecule has 1 amide bonds. The van der Waals surface area contributed by atoms with E-state index in [9.17, 15) is 9.18 Å². The van der Waals surface area contributed by atoms with E-state index in [1.54, 1.807) is 53.5 Å². The van der Waals surface area contributed by atoms with E-state index in [4.69, 9.17) is 16.3 Å². The van der Waals surface area contributed by atoms with Crippen molar-refractivity contribution in [3.05, 3.63) is 77.3 Å². The number of hydrogen-bond acceptors (Lipinski definition) is 3. The molecule has 0 aliphatic heterocycles. The number of carbonyl (C=O) groups excluding carboxylic acids is 1. The number of benzene rings is 2. The molecule has 0 aliphatic carbocycles. The predicted molar refractivity (Wildman–Crippen MR) is 93.3 cm³/mol. The van der Waals surface area contributed by atoms with Gasteiger partial charge in [-0.2, -0.15) is 5.10 Å². The van der Waals surface area contributed by atoms with Crippen LogP contribution in [0, 0.1) is 5.82 Å². The third-order valence-electron chi connectivity index (χ3n) is 3.36. The second kappa shape index (κ2) is 7.81. The Hall–Kier alpha value is -2.86. The zero-order chi connectivity index (χ0) is 17.6. The maximum atomic E-state index is 12.9. The van der Waals surface area contributed by atoms with Gasteiger partial charge in [0.25, 0.3) is 5.91 Å². The SMILES string of the molecule is O=C(COc1ccc(Cl)cc1)Nc1cnn(Cc2ccc(F)cc2)c1. The molecule has 0 saturated carbocycles. The summed E-state index contributed by atoms with van der Waals surface area (Å²) >= 11 is 5.79. The van der Waals surface area contributed by atoms with Crippen LogP contribution in [-0.4, -0.2) is 22.3 Å².